The molecule has 0 atom stereocenters. The summed E-state index contributed by atoms with van der Waals surface area (Å²) >= 11 is 0. The Morgan fingerprint density at radius 3 is 1.38 bits per heavy atom. The second kappa shape index (κ2) is 5.07. The molecule has 0 heterocycles. The molecule has 0 radical (unpaired) electrons. The van der Waals surface area contributed by atoms with Gasteiger partial charge in [-0.2, -0.15) is 17.6 Å². The quantitative estimate of drug-likeness (QED) is 0.293. The van der Waals surface area contributed by atoms with Crippen LogP contribution in [0.1, 0.15) is 0 Å². The molecule has 13 heavy (non-hydrogen) atoms. The maximum atomic E-state index is 11.3. The van der Waals surface area contributed by atoms with Gasteiger partial charge in [0.05, 0.1) is 12.2 Å². The zero-order valence-corrected chi connectivity index (χ0v) is 5.89. The normalized spacial score (nSPS) is 8.62. The molecule has 0 rings (SSSR count). The molecule has 0 aliphatic rings. The molecule has 7 heteroatoms. The van der Waals surface area contributed by atoms with Gasteiger partial charge < -0.3 is 4.74 Å². The SMILES string of the molecule is O=C(C=C(F)F)OC(=O)C=C(F)F. The van der Waals surface area contributed by atoms with Crippen LogP contribution in [-0.2, 0) is 14.3 Å². The number of rotatable bonds is 2. The number of ether oxygens (including phenoxy) is 1. The van der Waals surface area contributed by atoms with Crippen molar-refractivity contribution in [3.63, 3.8) is 0 Å². The number of hydrogen-bond donors (Lipinski definition) is 0. The highest BCUT2D eigenvalue weighted by Crippen LogP contribution is 2.00. The fraction of sp³-hybridized carbons (Fsp3) is 0. The summed E-state index contributed by atoms with van der Waals surface area (Å²) < 4.78 is 48.6. The number of esters is 2. The molecule has 0 aromatic heterocycles. The second-order valence-electron chi connectivity index (χ2n) is 1.61. The minimum Gasteiger partial charge on any atom is -0.386 e. The van der Waals surface area contributed by atoms with E-state index in [9.17, 15) is 27.2 Å². The molecule has 0 aliphatic heterocycles. The molecule has 72 valence electrons. The van der Waals surface area contributed by atoms with Crippen molar-refractivity contribution < 1.29 is 31.9 Å². The summed E-state index contributed by atoms with van der Waals surface area (Å²) in [6.45, 7) is 0. The largest absolute Gasteiger partial charge is 0.386 e. The Labute approximate surface area is 69.3 Å². The zero-order chi connectivity index (χ0) is 10.4. The third-order valence-electron chi connectivity index (χ3n) is 0.655. The van der Waals surface area contributed by atoms with Crippen LogP contribution in [0, 0.1) is 0 Å². The highest BCUT2D eigenvalue weighted by atomic mass is 19.3. The third kappa shape index (κ3) is 6.73. The lowest BCUT2D eigenvalue weighted by Crippen LogP contribution is -2.07. The molecule has 0 amide bonds. The maximum Gasteiger partial charge on any atom is 0.344 e. The molecule has 0 saturated heterocycles. The van der Waals surface area contributed by atoms with Gasteiger partial charge in [-0.05, 0) is 0 Å². The lowest BCUT2D eigenvalue weighted by Gasteiger charge is -1.92. The van der Waals surface area contributed by atoms with Crippen molar-refractivity contribution in [3.05, 3.63) is 24.3 Å². The van der Waals surface area contributed by atoms with E-state index in [1.165, 1.54) is 0 Å². The Morgan fingerprint density at radius 1 is 0.846 bits per heavy atom. The number of carbonyl (C=O) groups excluding carboxylic acids is 2. The Bertz CT molecular complexity index is 246. The van der Waals surface area contributed by atoms with Gasteiger partial charge in [0.25, 0.3) is 12.2 Å². The topological polar surface area (TPSA) is 43.4 Å². The van der Waals surface area contributed by atoms with Crippen molar-refractivity contribution in [1.82, 2.24) is 0 Å². The van der Waals surface area contributed by atoms with Gasteiger partial charge in [-0.25, -0.2) is 9.59 Å². The summed E-state index contributed by atoms with van der Waals surface area (Å²) in [6, 6.07) is 0. The van der Waals surface area contributed by atoms with Crippen molar-refractivity contribution >= 4 is 11.9 Å². The molecule has 0 fully saturated rings. The van der Waals surface area contributed by atoms with E-state index in [1.54, 1.807) is 0 Å². The summed E-state index contributed by atoms with van der Waals surface area (Å²) in [5.74, 6) is -3.41. The van der Waals surface area contributed by atoms with E-state index in [0.29, 0.717) is 0 Å². The molecule has 0 saturated carbocycles. The van der Waals surface area contributed by atoms with E-state index in [-0.39, 0.29) is 12.2 Å². The second-order valence-corrected chi connectivity index (χ2v) is 1.61. The van der Waals surface area contributed by atoms with Crippen LogP contribution in [0.15, 0.2) is 24.3 Å². The number of hydrogen-bond acceptors (Lipinski definition) is 3. The molecule has 0 aromatic carbocycles. The smallest absolute Gasteiger partial charge is 0.344 e. The average Bonchev–Trinajstić information content (AvgIpc) is 1.80. The highest BCUT2D eigenvalue weighted by molar-refractivity contribution is 5.96. The summed E-state index contributed by atoms with van der Waals surface area (Å²) in [5, 5.41) is 0. The van der Waals surface area contributed by atoms with Gasteiger partial charge >= 0.3 is 11.9 Å². The molecule has 0 aliphatic carbocycles. The lowest BCUT2D eigenvalue weighted by atomic mass is 10.6. The van der Waals surface area contributed by atoms with E-state index >= 15 is 0 Å². The predicted molar refractivity (Wildman–Crippen MR) is 31.7 cm³/mol. The highest BCUT2D eigenvalue weighted by Gasteiger charge is 2.08. The van der Waals surface area contributed by atoms with Crippen LogP contribution in [0.2, 0.25) is 0 Å². The molecular formula is C6H2F4O3. The Morgan fingerprint density at radius 2 is 1.15 bits per heavy atom. The Balaban J connectivity index is 4.16. The first kappa shape index (κ1) is 11.3. The van der Waals surface area contributed by atoms with E-state index in [1.807, 2.05) is 0 Å². The molecule has 0 bridgehead atoms. The maximum absolute atomic E-state index is 11.3. The van der Waals surface area contributed by atoms with Crippen molar-refractivity contribution in [3.8, 4) is 0 Å². The summed E-state index contributed by atoms with van der Waals surface area (Å²) in [7, 11) is 0. The van der Waals surface area contributed by atoms with E-state index in [2.05, 4.69) is 4.74 Å². The monoisotopic (exact) mass is 198 g/mol. The first-order valence-corrected chi connectivity index (χ1v) is 2.73. The summed E-state index contributed by atoms with van der Waals surface area (Å²) in [4.78, 5) is 20.3. The van der Waals surface area contributed by atoms with Gasteiger partial charge in [0.15, 0.2) is 0 Å². The molecular weight excluding hydrogens is 196 g/mol. The molecule has 0 aromatic rings. The van der Waals surface area contributed by atoms with Crippen molar-refractivity contribution in [2.75, 3.05) is 0 Å². The molecule has 0 unspecified atom stereocenters. The molecule has 3 nitrogen and oxygen atoms in total. The summed E-state index contributed by atoms with van der Waals surface area (Å²) in [6.07, 6.45) is -5.38. The Kier molecular flexibility index (Phi) is 4.42. The van der Waals surface area contributed by atoms with Gasteiger partial charge in [0.2, 0.25) is 0 Å². The fourth-order valence-corrected chi connectivity index (χ4v) is 0.336. The standard InChI is InChI=1S/C6H2F4O3/c7-3(8)1-5(11)13-6(12)2-4(9)10/h1-2H. The fourth-order valence-electron chi connectivity index (χ4n) is 0.336. The van der Waals surface area contributed by atoms with Crippen molar-refractivity contribution in [2.24, 2.45) is 0 Å². The number of carbonyl (C=O) groups is 2. The minimum atomic E-state index is -2.39. The molecule has 0 spiro atoms. The average molecular weight is 198 g/mol. The van der Waals surface area contributed by atoms with Crippen molar-refractivity contribution in [1.29, 1.82) is 0 Å². The van der Waals surface area contributed by atoms with Crippen LogP contribution in [0.5, 0.6) is 0 Å². The number of halogens is 4. The summed E-state index contributed by atoms with van der Waals surface area (Å²) in [5.41, 5.74) is 0. The predicted octanol–water partition coefficient (Wildman–Crippen LogP) is 1.62. The van der Waals surface area contributed by atoms with Crippen molar-refractivity contribution in [2.45, 2.75) is 0 Å². The van der Waals surface area contributed by atoms with Crippen LogP contribution in [0.3, 0.4) is 0 Å². The van der Waals surface area contributed by atoms with Crippen LogP contribution in [0.25, 0.3) is 0 Å². The Hall–Kier alpha value is -1.66. The van der Waals surface area contributed by atoms with Gasteiger partial charge in [0.1, 0.15) is 0 Å². The van der Waals surface area contributed by atoms with Gasteiger partial charge in [-0.1, -0.05) is 0 Å². The zero-order valence-electron chi connectivity index (χ0n) is 5.89. The van der Waals surface area contributed by atoms with Crippen LogP contribution in [0.4, 0.5) is 17.6 Å². The van der Waals surface area contributed by atoms with Gasteiger partial charge in [-0.3, -0.25) is 0 Å². The van der Waals surface area contributed by atoms with Gasteiger partial charge in [0, 0.05) is 0 Å². The van der Waals surface area contributed by atoms with E-state index in [4.69, 9.17) is 0 Å². The third-order valence-corrected chi connectivity index (χ3v) is 0.655. The lowest BCUT2D eigenvalue weighted by molar-refractivity contribution is -0.152. The van der Waals surface area contributed by atoms with E-state index in [0.717, 1.165) is 0 Å². The van der Waals surface area contributed by atoms with Crippen LogP contribution >= 0.6 is 0 Å². The molecule has 0 N–H and O–H groups in total. The first-order chi connectivity index (χ1) is 5.91. The first-order valence-electron chi connectivity index (χ1n) is 2.73. The van der Waals surface area contributed by atoms with Crippen LogP contribution in [-0.4, -0.2) is 11.9 Å². The van der Waals surface area contributed by atoms with Gasteiger partial charge in [-0.15, -0.1) is 0 Å². The van der Waals surface area contributed by atoms with Crippen LogP contribution < -0.4 is 0 Å². The van der Waals surface area contributed by atoms with E-state index < -0.39 is 24.1 Å². The minimum absolute atomic E-state index is 0.304.